The lowest BCUT2D eigenvalue weighted by molar-refractivity contribution is 0.460. The summed E-state index contributed by atoms with van der Waals surface area (Å²) in [6, 6.07) is 4.20. The van der Waals surface area contributed by atoms with Crippen LogP contribution in [-0.4, -0.2) is 45.8 Å². The van der Waals surface area contributed by atoms with Crippen LogP contribution in [0.5, 0.6) is 0 Å². The van der Waals surface area contributed by atoms with Crippen molar-refractivity contribution < 1.29 is 0 Å². The van der Waals surface area contributed by atoms with Crippen LogP contribution in [0.1, 0.15) is 37.4 Å². The Morgan fingerprint density at radius 1 is 1.42 bits per heavy atom. The van der Waals surface area contributed by atoms with Crippen molar-refractivity contribution in [2.75, 3.05) is 20.1 Å². The Morgan fingerprint density at radius 2 is 2.29 bits per heavy atom. The normalized spacial score (nSPS) is 11.7. The number of thiophene rings is 1. The second-order valence-electron chi connectivity index (χ2n) is 5.72. The van der Waals surface area contributed by atoms with Gasteiger partial charge in [0.2, 0.25) is 0 Å². The molecule has 132 valence electrons. The molecule has 2 rings (SSSR count). The zero-order valence-electron chi connectivity index (χ0n) is 14.9. The lowest BCUT2D eigenvalue weighted by Crippen LogP contribution is -2.40. The van der Waals surface area contributed by atoms with Crippen LogP contribution in [0.4, 0.5) is 0 Å². The maximum Gasteiger partial charge on any atom is 0.194 e. The zero-order valence-corrected chi connectivity index (χ0v) is 15.7. The van der Waals surface area contributed by atoms with Gasteiger partial charge in [-0.1, -0.05) is 26.3 Å². The Kier molecular flexibility index (Phi) is 7.74. The molecule has 0 saturated heterocycles. The molecule has 0 aromatic carbocycles. The summed E-state index contributed by atoms with van der Waals surface area (Å²) in [7, 11) is 2.10. The van der Waals surface area contributed by atoms with E-state index in [2.05, 4.69) is 63.4 Å². The lowest BCUT2D eigenvalue weighted by atomic mass is 10.3. The van der Waals surface area contributed by atoms with Gasteiger partial charge in [0.05, 0.1) is 6.54 Å². The molecule has 2 aromatic rings. The van der Waals surface area contributed by atoms with Crippen molar-refractivity contribution in [3.8, 4) is 0 Å². The summed E-state index contributed by atoms with van der Waals surface area (Å²) >= 11 is 1.75. The minimum atomic E-state index is 0.726. The van der Waals surface area contributed by atoms with E-state index in [1.54, 1.807) is 17.7 Å². The van der Waals surface area contributed by atoms with E-state index in [1.807, 2.05) is 0 Å². The highest BCUT2D eigenvalue weighted by molar-refractivity contribution is 7.09. The van der Waals surface area contributed by atoms with Crippen molar-refractivity contribution >= 4 is 17.3 Å². The minimum Gasteiger partial charge on any atom is -0.354 e. The third kappa shape index (κ3) is 5.63. The second kappa shape index (κ2) is 10.1. The van der Waals surface area contributed by atoms with Crippen molar-refractivity contribution in [1.82, 2.24) is 25.0 Å². The number of hydrogen-bond acceptors (Lipinski definition) is 4. The molecule has 0 fully saturated rings. The standard InChI is InChI=1S/C17H28N6S/c1-4-6-10-22(3)17(19-13-15-8-7-12-24-15)18-9-11-23-14-20-21-16(23)5-2/h7-8,12,14H,4-6,9-11,13H2,1-3H3,(H,18,19). The number of guanidine groups is 1. The molecule has 0 aliphatic heterocycles. The van der Waals surface area contributed by atoms with Gasteiger partial charge in [-0.05, 0) is 17.9 Å². The number of nitrogens with zero attached hydrogens (tertiary/aromatic N) is 5. The average Bonchev–Trinajstić information content (AvgIpc) is 3.26. The van der Waals surface area contributed by atoms with Gasteiger partial charge in [0.25, 0.3) is 0 Å². The summed E-state index contributed by atoms with van der Waals surface area (Å²) in [6.07, 6.45) is 5.05. The first-order chi connectivity index (χ1) is 11.7. The van der Waals surface area contributed by atoms with E-state index in [-0.39, 0.29) is 0 Å². The summed E-state index contributed by atoms with van der Waals surface area (Å²) in [5, 5.41) is 13.7. The third-order valence-electron chi connectivity index (χ3n) is 3.82. The molecule has 0 aliphatic carbocycles. The number of hydrogen-bond donors (Lipinski definition) is 1. The smallest absolute Gasteiger partial charge is 0.194 e. The van der Waals surface area contributed by atoms with E-state index >= 15 is 0 Å². The highest BCUT2D eigenvalue weighted by Gasteiger charge is 2.07. The van der Waals surface area contributed by atoms with E-state index in [0.29, 0.717) is 0 Å². The predicted octanol–water partition coefficient (Wildman–Crippen LogP) is 2.78. The van der Waals surface area contributed by atoms with E-state index in [4.69, 9.17) is 4.99 Å². The summed E-state index contributed by atoms with van der Waals surface area (Å²) in [6.45, 7) is 7.70. The van der Waals surface area contributed by atoms with Gasteiger partial charge in [0.1, 0.15) is 12.2 Å². The molecule has 2 heterocycles. The Balaban J connectivity index is 1.92. The van der Waals surface area contributed by atoms with Crippen LogP contribution in [0.2, 0.25) is 0 Å². The molecule has 0 aliphatic rings. The van der Waals surface area contributed by atoms with Crippen molar-refractivity contribution in [3.05, 3.63) is 34.5 Å². The van der Waals surface area contributed by atoms with Gasteiger partial charge >= 0.3 is 0 Å². The summed E-state index contributed by atoms with van der Waals surface area (Å²) in [4.78, 5) is 8.28. The van der Waals surface area contributed by atoms with Gasteiger partial charge < -0.3 is 14.8 Å². The Morgan fingerprint density at radius 3 is 3.00 bits per heavy atom. The van der Waals surface area contributed by atoms with E-state index < -0.39 is 0 Å². The van der Waals surface area contributed by atoms with Crippen molar-refractivity contribution in [3.63, 3.8) is 0 Å². The third-order valence-corrected chi connectivity index (χ3v) is 4.68. The second-order valence-corrected chi connectivity index (χ2v) is 6.75. The SMILES string of the molecule is CCCCN(C)C(=NCc1cccs1)NCCn1cnnc1CC. The quantitative estimate of drug-likeness (QED) is 0.559. The molecule has 0 spiro atoms. The molecule has 7 heteroatoms. The molecular formula is C17H28N6S. The number of rotatable bonds is 9. The van der Waals surface area contributed by atoms with E-state index in [1.165, 1.54) is 17.7 Å². The molecule has 0 bridgehead atoms. The lowest BCUT2D eigenvalue weighted by Gasteiger charge is -2.22. The Hall–Kier alpha value is -1.89. The van der Waals surface area contributed by atoms with E-state index in [0.717, 1.165) is 44.4 Å². The van der Waals surface area contributed by atoms with Crippen molar-refractivity contribution in [1.29, 1.82) is 0 Å². The highest BCUT2D eigenvalue weighted by Crippen LogP contribution is 2.09. The highest BCUT2D eigenvalue weighted by atomic mass is 32.1. The summed E-state index contributed by atoms with van der Waals surface area (Å²) in [5.74, 6) is 1.98. The van der Waals surface area contributed by atoms with Crippen molar-refractivity contribution in [2.24, 2.45) is 4.99 Å². The molecule has 0 unspecified atom stereocenters. The predicted molar refractivity (Wildman–Crippen MR) is 100 cm³/mol. The Bertz CT molecular complexity index is 604. The van der Waals surface area contributed by atoms with Gasteiger partial charge in [-0.15, -0.1) is 21.5 Å². The van der Waals surface area contributed by atoms with Crippen LogP contribution < -0.4 is 5.32 Å². The number of aromatic nitrogens is 3. The minimum absolute atomic E-state index is 0.726. The molecular weight excluding hydrogens is 320 g/mol. The number of aryl methyl sites for hydroxylation is 1. The van der Waals surface area contributed by atoms with Gasteiger partial charge in [-0.25, -0.2) is 4.99 Å². The van der Waals surface area contributed by atoms with Gasteiger partial charge in [-0.3, -0.25) is 0 Å². The maximum absolute atomic E-state index is 4.78. The largest absolute Gasteiger partial charge is 0.354 e. The fourth-order valence-electron chi connectivity index (χ4n) is 2.40. The Labute approximate surface area is 148 Å². The fraction of sp³-hybridized carbons (Fsp3) is 0.588. The van der Waals surface area contributed by atoms with Crippen LogP contribution in [0.3, 0.4) is 0 Å². The van der Waals surface area contributed by atoms with Crippen LogP contribution >= 0.6 is 11.3 Å². The molecule has 1 N–H and O–H groups in total. The van der Waals surface area contributed by atoms with Crippen LogP contribution in [0.15, 0.2) is 28.8 Å². The topological polar surface area (TPSA) is 58.3 Å². The molecule has 2 aromatic heterocycles. The first kappa shape index (κ1) is 18.4. The number of aliphatic imine (C=N–C) groups is 1. The zero-order chi connectivity index (χ0) is 17.2. The molecule has 0 atom stereocenters. The fourth-order valence-corrected chi connectivity index (χ4v) is 3.02. The number of nitrogens with one attached hydrogen (secondary N) is 1. The average molecular weight is 349 g/mol. The van der Waals surface area contributed by atoms with Crippen LogP contribution in [0, 0.1) is 0 Å². The molecule has 0 radical (unpaired) electrons. The van der Waals surface area contributed by atoms with Crippen LogP contribution in [-0.2, 0) is 19.5 Å². The van der Waals surface area contributed by atoms with E-state index in [9.17, 15) is 0 Å². The van der Waals surface area contributed by atoms with Crippen LogP contribution in [0.25, 0.3) is 0 Å². The number of unbranched alkanes of at least 4 members (excludes halogenated alkanes) is 1. The molecule has 24 heavy (non-hydrogen) atoms. The van der Waals surface area contributed by atoms with Gasteiger partial charge in [0, 0.05) is 38.0 Å². The summed E-state index contributed by atoms with van der Waals surface area (Å²) < 4.78 is 2.09. The summed E-state index contributed by atoms with van der Waals surface area (Å²) in [5.41, 5.74) is 0. The van der Waals surface area contributed by atoms with Crippen molar-refractivity contribution in [2.45, 2.75) is 46.2 Å². The maximum atomic E-state index is 4.78. The molecule has 0 saturated carbocycles. The van der Waals surface area contributed by atoms with Gasteiger partial charge in [0.15, 0.2) is 5.96 Å². The molecule has 0 amide bonds. The first-order valence-corrected chi connectivity index (χ1v) is 9.51. The molecule has 6 nitrogen and oxygen atoms in total. The first-order valence-electron chi connectivity index (χ1n) is 8.63. The monoisotopic (exact) mass is 348 g/mol. The van der Waals surface area contributed by atoms with Gasteiger partial charge in [-0.2, -0.15) is 0 Å².